The SMILES string of the molecule is CC(Cn1ccnc1)NS(=O)(=O)c1c(N)cc(Br)cc1Br. The number of hydrogen-bond acceptors (Lipinski definition) is 4. The third-order valence-corrected chi connectivity index (χ3v) is 5.76. The van der Waals surface area contributed by atoms with Gasteiger partial charge in [-0.25, -0.2) is 18.1 Å². The molecular formula is C12H14Br2N4O2S. The highest BCUT2D eigenvalue weighted by molar-refractivity contribution is 9.11. The molecule has 2 aromatic rings. The second kappa shape index (κ2) is 6.47. The van der Waals surface area contributed by atoms with Gasteiger partial charge in [0.15, 0.2) is 0 Å². The van der Waals surface area contributed by atoms with Crippen LogP contribution in [0.4, 0.5) is 5.69 Å². The van der Waals surface area contributed by atoms with E-state index >= 15 is 0 Å². The summed E-state index contributed by atoms with van der Waals surface area (Å²) in [7, 11) is -3.72. The van der Waals surface area contributed by atoms with E-state index in [4.69, 9.17) is 5.73 Å². The standard InChI is InChI=1S/C12H14Br2N4O2S/c1-8(6-18-3-2-16-7-18)17-21(19,20)12-10(14)4-9(13)5-11(12)15/h2-5,7-8,17H,6,15H2,1H3. The van der Waals surface area contributed by atoms with E-state index in [-0.39, 0.29) is 16.6 Å². The van der Waals surface area contributed by atoms with Crippen LogP contribution in [0, 0.1) is 0 Å². The largest absolute Gasteiger partial charge is 0.398 e. The predicted octanol–water partition coefficient (Wildman–Crippen LogP) is 2.36. The number of rotatable bonds is 5. The summed E-state index contributed by atoms with van der Waals surface area (Å²) >= 11 is 6.51. The molecule has 1 unspecified atom stereocenters. The average molecular weight is 438 g/mol. The fourth-order valence-corrected chi connectivity index (χ4v) is 5.24. The van der Waals surface area contributed by atoms with Gasteiger partial charge in [0.1, 0.15) is 4.90 Å². The highest BCUT2D eigenvalue weighted by Crippen LogP contribution is 2.31. The Morgan fingerprint density at radius 3 is 2.71 bits per heavy atom. The number of anilines is 1. The van der Waals surface area contributed by atoms with E-state index in [1.165, 1.54) is 0 Å². The molecule has 3 N–H and O–H groups in total. The summed E-state index contributed by atoms with van der Waals surface area (Å²) in [4.78, 5) is 3.97. The Morgan fingerprint density at radius 1 is 1.43 bits per heavy atom. The van der Waals surface area contributed by atoms with Crippen LogP contribution in [0.15, 0.2) is 44.7 Å². The molecule has 0 amide bonds. The molecule has 21 heavy (non-hydrogen) atoms. The number of sulfonamides is 1. The smallest absolute Gasteiger partial charge is 0.244 e. The van der Waals surface area contributed by atoms with Gasteiger partial charge in [0.2, 0.25) is 10.0 Å². The molecule has 6 nitrogen and oxygen atoms in total. The van der Waals surface area contributed by atoms with Crippen molar-refractivity contribution < 1.29 is 8.42 Å². The highest BCUT2D eigenvalue weighted by atomic mass is 79.9. The summed E-state index contributed by atoms with van der Waals surface area (Å²) in [6.45, 7) is 2.26. The zero-order valence-corrected chi connectivity index (χ0v) is 15.1. The highest BCUT2D eigenvalue weighted by Gasteiger charge is 2.23. The van der Waals surface area contributed by atoms with Gasteiger partial charge in [-0.15, -0.1) is 0 Å². The quantitative estimate of drug-likeness (QED) is 0.702. The fourth-order valence-electron chi connectivity index (χ4n) is 1.94. The average Bonchev–Trinajstić information content (AvgIpc) is 2.78. The van der Waals surface area contributed by atoms with Crippen molar-refractivity contribution in [1.29, 1.82) is 0 Å². The maximum absolute atomic E-state index is 12.5. The first-order chi connectivity index (χ1) is 9.79. The zero-order valence-electron chi connectivity index (χ0n) is 11.1. The maximum Gasteiger partial charge on any atom is 0.244 e. The molecule has 0 aliphatic rings. The van der Waals surface area contributed by atoms with Crippen LogP contribution in [-0.2, 0) is 16.6 Å². The van der Waals surface area contributed by atoms with Crippen LogP contribution in [0.2, 0.25) is 0 Å². The lowest BCUT2D eigenvalue weighted by Gasteiger charge is -2.17. The van der Waals surface area contributed by atoms with Gasteiger partial charge in [0.05, 0.1) is 12.0 Å². The molecule has 0 aliphatic heterocycles. The molecule has 9 heteroatoms. The molecular weight excluding hydrogens is 424 g/mol. The van der Waals surface area contributed by atoms with E-state index in [1.54, 1.807) is 42.3 Å². The molecule has 0 saturated carbocycles. The summed E-state index contributed by atoms with van der Waals surface area (Å²) in [6.07, 6.45) is 5.05. The minimum Gasteiger partial charge on any atom is -0.398 e. The number of hydrogen-bond donors (Lipinski definition) is 2. The van der Waals surface area contributed by atoms with Crippen LogP contribution >= 0.6 is 31.9 Å². The first kappa shape index (κ1) is 16.5. The Bertz CT molecular complexity index is 709. The number of nitrogens with one attached hydrogen (secondary N) is 1. The summed E-state index contributed by atoms with van der Waals surface area (Å²) in [5.74, 6) is 0. The third kappa shape index (κ3) is 4.06. The van der Waals surface area contributed by atoms with Gasteiger partial charge < -0.3 is 10.3 Å². The molecule has 2 rings (SSSR count). The Hall–Kier alpha value is -0.900. The van der Waals surface area contributed by atoms with Crippen LogP contribution in [0.5, 0.6) is 0 Å². The van der Waals surface area contributed by atoms with E-state index in [9.17, 15) is 8.42 Å². The van der Waals surface area contributed by atoms with Gasteiger partial charge in [-0.3, -0.25) is 0 Å². The third-order valence-electron chi connectivity index (χ3n) is 2.71. The van der Waals surface area contributed by atoms with Crippen molar-refractivity contribution in [2.75, 3.05) is 5.73 Å². The number of halogens is 2. The van der Waals surface area contributed by atoms with Crippen LogP contribution < -0.4 is 10.5 Å². The molecule has 0 bridgehead atoms. The van der Waals surface area contributed by atoms with Gasteiger partial charge in [-0.1, -0.05) is 15.9 Å². The number of benzene rings is 1. The van der Waals surface area contributed by atoms with E-state index in [1.807, 2.05) is 0 Å². The van der Waals surface area contributed by atoms with Gasteiger partial charge in [0, 0.05) is 33.9 Å². The van der Waals surface area contributed by atoms with Gasteiger partial charge in [0.25, 0.3) is 0 Å². The molecule has 0 saturated heterocycles. The molecule has 0 spiro atoms. The minimum absolute atomic E-state index is 0.0446. The number of nitrogens with zero attached hydrogens (tertiary/aromatic N) is 2. The molecule has 1 atom stereocenters. The number of nitrogens with two attached hydrogens (primary N) is 1. The van der Waals surface area contributed by atoms with Crippen molar-refractivity contribution in [2.24, 2.45) is 0 Å². The number of nitrogen functional groups attached to an aromatic ring is 1. The minimum atomic E-state index is -3.72. The first-order valence-corrected chi connectivity index (χ1v) is 9.09. The van der Waals surface area contributed by atoms with Crippen molar-refractivity contribution in [3.8, 4) is 0 Å². The molecule has 0 aliphatic carbocycles. The normalized spacial score (nSPS) is 13.3. The Morgan fingerprint density at radius 2 is 2.14 bits per heavy atom. The Balaban J connectivity index is 2.22. The van der Waals surface area contributed by atoms with Gasteiger partial charge in [-0.05, 0) is 35.0 Å². The lowest BCUT2D eigenvalue weighted by atomic mass is 10.3. The van der Waals surface area contributed by atoms with Gasteiger partial charge in [-0.2, -0.15) is 0 Å². The molecule has 114 valence electrons. The van der Waals surface area contributed by atoms with Crippen molar-refractivity contribution in [3.63, 3.8) is 0 Å². The molecule has 0 radical (unpaired) electrons. The van der Waals surface area contributed by atoms with E-state index < -0.39 is 10.0 Å². The Labute approximate surface area is 140 Å². The van der Waals surface area contributed by atoms with E-state index in [0.29, 0.717) is 15.5 Å². The van der Waals surface area contributed by atoms with Crippen molar-refractivity contribution in [1.82, 2.24) is 14.3 Å². The van der Waals surface area contributed by atoms with Crippen LogP contribution in [0.25, 0.3) is 0 Å². The number of imidazole rings is 1. The lowest BCUT2D eigenvalue weighted by Crippen LogP contribution is -2.36. The monoisotopic (exact) mass is 436 g/mol. The molecule has 1 heterocycles. The maximum atomic E-state index is 12.5. The molecule has 0 fully saturated rings. The number of aromatic nitrogens is 2. The van der Waals surface area contributed by atoms with Crippen LogP contribution in [0.3, 0.4) is 0 Å². The van der Waals surface area contributed by atoms with Crippen molar-refractivity contribution in [3.05, 3.63) is 39.8 Å². The van der Waals surface area contributed by atoms with Crippen LogP contribution in [-0.4, -0.2) is 24.0 Å². The van der Waals surface area contributed by atoms with E-state index in [2.05, 4.69) is 41.6 Å². The molecule has 1 aromatic heterocycles. The van der Waals surface area contributed by atoms with Crippen molar-refractivity contribution in [2.45, 2.75) is 24.4 Å². The second-order valence-electron chi connectivity index (χ2n) is 4.59. The zero-order chi connectivity index (χ0) is 15.6. The van der Waals surface area contributed by atoms with Crippen LogP contribution in [0.1, 0.15) is 6.92 Å². The Kier molecular flexibility index (Phi) is 5.07. The fraction of sp³-hybridized carbons (Fsp3) is 0.250. The predicted molar refractivity (Wildman–Crippen MR) is 88.3 cm³/mol. The molecule has 1 aromatic carbocycles. The summed E-state index contributed by atoms with van der Waals surface area (Å²) < 4.78 is 30.5. The van der Waals surface area contributed by atoms with Crippen molar-refractivity contribution >= 4 is 47.6 Å². The lowest BCUT2D eigenvalue weighted by molar-refractivity contribution is 0.520. The summed E-state index contributed by atoms with van der Waals surface area (Å²) in [6, 6.07) is 2.89. The summed E-state index contributed by atoms with van der Waals surface area (Å²) in [5, 5.41) is 0. The summed E-state index contributed by atoms with van der Waals surface area (Å²) in [5.41, 5.74) is 6.00. The van der Waals surface area contributed by atoms with Gasteiger partial charge >= 0.3 is 0 Å². The topological polar surface area (TPSA) is 90.0 Å². The van der Waals surface area contributed by atoms with E-state index in [0.717, 1.165) is 0 Å². The second-order valence-corrected chi connectivity index (χ2v) is 8.01. The first-order valence-electron chi connectivity index (χ1n) is 6.02.